The van der Waals surface area contributed by atoms with Crippen LogP contribution < -0.4 is 10.5 Å². The summed E-state index contributed by atoms with van der Waals surface area (Å²) in [6.45, 7) is 3.55. The number of H-pyrrole nitrogens is 1. The van der Waals surface area contributed by atoms with Crippen LogP contribution in [0.2, 0.25) is 5.02 Å². The van der Waals surface area contributed by atoms with Crippen LogP contribution in [0, 0.1) is 0 Å². The van der Waals surface area contributed by atoms with Crippen molar-refractivity contribution >= 4 is 40.2 Å². The summed E-state index contributed by atoms with van der Waals surface area (Å²) in [7, 11) is 0. The molecule has 0 amide bonds. The van der Waals surface area contributed by atoms with Gasteiger partial charge in [0.1, 0.15) is 5.82 Å². The zero-order valence-corrected chi connectivity index (χ0v) is 18.8. The highest BCUT2D eigenvalue weighted by atomic mass is 35.5. The molecule has 1 fully saturated rings. The van der Waals surface area contributed by atoms with Crippen molar-refractivity contribution < 1.29 is 4.74 Å². The summed E-state index contributed by atoms with van der Waals surface area (Å²) in [5, 5.41) is 10.8. The lowest BCUT2D eigenvalue weighted by molar-refractivity contribution is 0.121. The molecule has 8 nitrogen and oxygen atoms in total. The van der Waals surface area contributed by atoms with Crippen LogP contribution in [0.15, 0.2) is 58.5 Å². The highest BCUT2D eigenvalue weighted by Crippen LogP contribution is 2.26. The molecule has 1 saturated heterocycles. The number of morpholine rings is 1. The van der Waals surface area contributed by atoms with Gasteiger partial charge in [0.05, 0.1) is 36.4 Å². The number of halogens is 1. The number of anilines is 1. The molecule has 164 valence electrons. The summed E-state index contributed by atoms with van der Waals surface area (Å²) in [5.74, 6) is 1.84. The van der Waals surface area contributed by atoms with E-state index in [1.807, 2.05) is 18.2 Å². The Bertz CT molecular complexity index is 1290. The molecule has 2 aromatic heterocycles. The zero-order valence-electron chi connectivity index (χ0n) is 17.2. The van der Waals surface area contributed by atoms with E-state index in [1.54, 1.807) is 18.2 Å². The second-order valence-corrected chi connectivity index (χ2v) is 8.80. The van der Waals surface area contributed by atoms with E-state index in [0.717, 1.165) is 29.8 Å². The molecule has 32 heavy (non-hydrogen) atoms. The Labute approximate surface area is 193 Å². The first-order valence-electron chi connectivity index (χ1n) is 10.3. The molecule has 10 heteroatoms. The maximum absolute atomic E-state index is 12.4. The van der Waals surface area contributed by atoms with Crippen LogP contribution in [0.25, 0.3) is 10.9 Å². The molecule has 0 aliphatic carbocycles. The lowest BCUT2D eigenvalue weighted by atomic mass is 10.2. The molecule has 5 rings (SSSR count). The third-order valence-corrected chi connectivity index (χ3v) is 6.44. The minimum atomic E-state index is -0.179. The van der Waals surface area contributed by atoms with Crippen LogP contribution in [0.5, 0.6) is 0 Å². The van der Waals surface area contributed by atoms with Crippen LogP contribution in [0.3, 0.4) is 0 Å². The predicted molar refractivity (Wildman–Crippen MR) is 126 cm³/mol. The molecule has 0 spiro atoms. The fourth-order valence-corrected chi connectivity index (χ4v) is 4.62. The van der Waals surface area contributed by atoms with Crippen molar-refractivity contribution in [3.8, 4) is 0 Å². The summed E-state index contributed by atoms with van der Waals surface area (Å²) in [6.07, 6.45) is 0. The summed E-state index contributed by atoms with van der Waals surface area (Å²) in [4.78, 5) is 22.1. The Balaban J connectivity index is 1.43. The molecule has 4 aromatic rings. The van der Waals surface area contributed by atoms with E-state index in [2.05, 4.69) is 41.8 Å². The quantitative estimate of drug-likeness (QED) is 0.434. The molecule has 1 aliphatic rings. The maximum Gasteiger partial charge on any atom is 0.258 e. The van der Waals surface area contributed by atoms with Crippen molar-refractivity contribution in [2.75, 3.05) is 31.2 Å². The van der Waals surface area contributed by atoms with Gasteiger partial charge < -0.3 is 14.6 Å². The van der Waals surface area contributed by atoms with Crippen molar-refractivity contribution in [3.63, 3.8) is 0 Å². The predicted octanol–water partition coefficient (Wildman–Crippen LogP) is 3.35. The second-order valence-electron chi connectivity index (χ2n) is 7.42. The standard InChI is InChI=1S/C22H21ClN6O2S/c23-16-6-7-17-18(12-16)24-19(25-20(17)30)14-32-22-27-26-21(28-8-10-31-11-9-28)29(22)13-15-4-2-1-3-5-15/h1-7,12H,8-11,13-14H2,(H,24,25,30). The Morgan fingerprint density at radius 1 is 1.09 bits per heavy atom. The van der Waals surface area contributed by atoms with Crippen molar-refractivity contribution in [3.05, 3.63) is 75.3 Å². The van der Waals surface area contributed by atoms with Gasteiger partial charge in [-0.15, -0.1) is 10.2 Å². The number of aromatic nitrogens is 5. The van der Waals surface area contributed by atoms with E-state index < -0.39 is 0 Å². The summed E-state index contributed by atoms with van der Waals surface area (Å²) >= 11 is 7.57. The Morgan fingerprint density at radius 2 is 1.91 bits per heavy atom. The number of nitrogens with one attached hydrogen (secondary N) is 1. The molecule has 0 atom stereocenters. The molecule has 1 aliphatic heterocycles. The number of thioether (sulfide) groups is 1. The minimum absolute atomic E-state index is 0.179. The molecule has 1 N–H and O–H groups in total. The summed E-state index contributed by atoms with van der Waals surface area (Å²) in [5.41, 5.74) is 1.56. The first kappa shape index (κ1) is 21.0. The minimum Gasteiger partial charge on any atom is -0.378 e. The number of ether oxygens (including phenoxy) is 1. The number of aromatic amines is 1. The third-order valence-electron chi connectivity index (χ3n) is 5.23. The highest BCUT2D eigenvalue weighted by Gasteiger charge is 2.21. The number of benzene rings is 2. The van der Waals surface area contributed by atoms with Crippen molar-refractivity contribution in [1.29, 1.82) is 0 Å². The van der Waals surface area contributed by atoms with E-state index in [1.165, 1.54) is 11.8 Å². The van der Waals surface area contributed by atoms with E-state index >= 15 is 0 Å². The van der Waals surface area contributed by atoms with Gasteiger partial charge >= 0.3 is 0 Å². The van der Waals surface area contributed by atoms with Crippen LogP contribution in [0.1, 0.15) is 11.4 Å². The maximum atomic E-state index is 12.4. The fourth-order valence-electron chi connectivity index (χ4n) is 3.65. The summed E-state index contributed by atoms with van der Waals surface area (Å²) < 4.78 is 7.60. The number of hydrogen-bond acceptors (Lipinski definition) is 7. The third kappa shape index (κ3) is 4.50. The number of nitrogens with zero attached hydrogens (tertiary/aromatic N) is 5. The average Bonchev–Trinajstić information content (AvgIpc) is 3.21. The molecule has 0 radical (unpaired) electrons. The monoisotopic (exact) mass is 468 g/mol. The van der Waals surface area contributed by atoms with E-state index in [0.29, 0.717) is 47.3 Å². The number of fused-ring (bicyclic) bond motifs is 1. The molecule has 2 aromatic carbocycles. The molecule has 3 heterocycles. The van der Waals surface area contributed by atoms with Crippen LogP contribution in [-0.4, -0.2) is 51.0 Å². The fraction of sp³-hybridized carbons (Fsp3) is 0.273. The lowest BCUT2D eigenvalue weighted by Gasteiger charge is -2.28. The molecule has 0 unspecified atom stereocenters. The normalized spacial score (nSPS) is 14.2. The zero-order chi connectivity index (χ0) is 21.9. The Kier molecular flexibility index (Phi) is 6.11. The van der Waals surface area contributed by atoms with E-state index in [4.69, 9.17) is 16.3 Å². The highest BCUT2D eigenvalue weighted by molar-refractivity contribution is 7.98. The SMILES string of the molecule is O=c1[nH]c(CSc2nnc(N3CCOCC3)n2Cc2ccccc2)nc2cc(Cl)ccc12. The van der Waals surface area contributed by atoms with Crippen LogP contribution in [0.4, 0.5) is 5.95 Å². The van der Waals surface area contributed by atoms with Gasteiger partial charge in [0.25, 0.3) is 5.56 Å². The molecular formula is C22H21ClN6O2S. The van der Waals surface area contributed by atoms with E-state index in [9.17, 15) is 4.79 Å². The topological polar surface area (TPSA) is 88.9 Å². The molecule has 0 saturated carbocycles. The van der Waals surface area contributed by atoms with Gasteiger partial charge in [0.15, 0.2) is 5.16 Å². The van der Waals surface area contributed by atoms with Gasteiger partial charge in [-0.2, -0.15) is 0 Å². The van der Waals surface area contributed by atoms with Gasteiger partial charge in [0.2, 0.25) is 5.95 Å². The number of hydrogen-bond donors (Lipinski definition) is 1. The number of rotatable bonds is 6. The lowest BCUT2D eigenvalue weighted by Crippen LogP contribution is -2.38. The molecule has 0 bridgehead atoms. The first-order valence-corrected chi connectivity index (χ1v) is 11.6. The van der Waals surface area contributed by atoms with Crippen LogP contribution in [-0.2, 0) is 17.0 Å². The second kappa shape index (κ2) is 9.32. The van der Waals surface area contributed by atoms with Crippen molar-refractivity contribution in [2.24, 2.45) is 0 Å². The smallest absolute Gasteiger partial charge is 0.258 e. The van der Waals surface area contributed by atoms with Gasteiger partial charge in [-0.1, -0.05) is 53.7 Å². The van der Waals surface area contributed by atoms with Gasteiger partial charge in [-0.3, -0.25) is 9.36 Å². The van der Waals surface area contributed by atoms with Crippen LogP contribution >= 0.6 is 23.4 Å². The largest absolute Gasteiger partial charge is 0.378 e. The van der Waals surface area contributed by atoms with Gasteiger partial charge in [0, 0.05) is 18.1 Å². The van der Waals surface area contributed by atoms with Crippen molar-refractivity contribution in [2.45, 2.75) is 17.5 Å². The van der Waals surface area contributed by atoms with E-state index in [-0.39, 0.29) is 5.56 Å². The Hall–Kier alpha value is -2.88. The van der Waals surface area contributed by atoms with Crippen molar-refractivity contribution in [1.82, 2.24) is 24.7 Å². The average molecular weight is 469 g/mol. The summed E-state index contributed by atoms with van der Waals surface area (Å²) in [6, 6.07) is 15.3. The van der Waals surface area contributed by atoms with Gasteiger partial charge in [-0.25, -0.2) is 4.98 Å². The molecular weight excluding hydrogens is 448 g/mol. The van der Waals surface area contributed by atoms with Gasteiger partial charge in [-0.05, 0) is 23.8 Å². The first-order chi connectivity index (χ1) is 15.7. The Morgan fingerprint density at radius 3 is 2.72 bits per heavy atom.